The van der Waals surface area contributed by atoms with E-state index in [2.05, 4.69) is 6.58 Å². The van der Waals surface area contributed by atoms with Crippen molar-refractivity contribution in [3.8, 4) is 0 Å². The molecule has 1 N–H and O–H groups in total. The van der Waals surface area contributed by atoms with Gasteiger partial charge in [-0.1, -0.05) is 255 Å². The summed E-state index contributed by atoms with van der Waals surface area (Å²) in [5.74, 6) is 0. The maximum atomic E-state index is 14.0. The molecule has 8 aromatic carbocycles. The third-order valence-electron chi connectivity index (χ3n) is 16.8. The fraction of sp³-hybridized carbons (Fsp3) is 0.354. The smallest absolute Gasteiger partial charge is 0.430 e. The number of aliphatic hydroxyl groups is 1. The van der Waals surface area contributed by atoms with Crippen molar-refractivity contribution in [1.82, 2.24) is 0 Å². The van der Waals surface area contributed by atoms with Gasteiger partial charge in [-0.15, -0.1) is 0 Å². The maximum absolute atomic E-state index is 14.0. The maximum Gasteiger partial charge on any atom is 0.509 e. The van der Waals surface area contributed by atoms with E-state index in [0.717, 1.165) is 44.5 Å². The summed E-state index contributed by atoms with van der Waals surface area (Å²) in [6, 6.07) is 77.7. The molecule has 11 rings (SSSR count). The van der Waals surface area contributed by atoms with Crippen molar-refractivity contribution in [3.63, 3.8) is 0 Å². The van der Waals surface area contributed by atoms with Crippen LogP contribution < -0.4 is 0 Å². The zero-order valence-electron chi connectivity index (χ0n) is 54.4. The van der Waals surface area contributed by atoms with E-state index in [-0.39, 0.29) is 79.3 Å². The lowest BCUT2D eigenvalue weighted by Crippen LogP contribution is -2.66. The average Bonchev–Trinajstić information content (AvgIpc) is 0.789. The number of rotatable bonds is 35. The quantitative estimate of drug-likeness (QED) is 0.0292. The van der Waals surface area contributed by atoms with Crippen molar-refractivity contribution in [2.24, 2.45) is 0 Å². The molecule has 18 heteroatoms. The summed E-state index contributed by atoms with van der Waals surface area (Å²) in [4.78, 5) is 14.0. The van der Waals surface area contributed by atoms with Crippen LogP contribution >= 0.6 is 0 Å². The van der Waals surface area contributed by atoms with Crippen molar-refractivity contribution >= 4 is 6.16 Å². The molecule has 3 aliphatic heterocycles. The number of aliphatic hydroxyl groups excluding tert-OH is 1. The first-order valence-corrected chi connectivity index (χ1v) is 32.9. The zero-order valence-corrected chi connectivity index (χ0v) is 54.4. The molecule has 15 atom stereocenters. The Morgan fingerprint density at radius 3 is 1.05 bits per heavy atom. The molecule has 0 aromatic heterocycles. The molecule has 0 unspecified atom stereocenters. The lowest BCUT2D eigenvalue weighted by Gasteiger charge is -2.50. The molecule has 8 aromatic rings. The second-order valence-corrected chi connectivity index (χ2v) is 23.8. The van der Waals surface area contributed by atoms with Crippen LogP contribution in [0.5, 0.6) is 0 Å². The van der Waals surface area contributed by atoms with E-state index in [4.69, 9.17) is 75.8 Å². The van der Waals surface area contributed by atoms with E-state index in [1.807, 2.05) is 243 Å². The first-order chi connectivity index (χ1) is 47.8. The van der Waals surface area contributed by atoms with E-state index >= 15 is 0 Å². The van der Waals surface area contributed by atoms with Gasteiger partial charge in [-0.2, -0.15) is 0 Å². The van der Waals surface area contributed by atoms with Crippen LogP contribution in [0, 0.1) is 0 Å². The lowest BCUT2D eigenvalue weighted by molar-refractivity contribution is -0.378. The van der Waals surface area contributed by atoms with Gasteiger partial charge >= 0.3 is 6.16 Å². The van der Waals surface area contributed by atoms with E-state index in [1.54, 1.807) is 0 Å². The fourth-order valence-electron chi connectivity index (χ4n) is 11.9. The minimum atomic E-state index is -1.50. The van der Waals surface area contributed by atoms with Crippen LogP contribution in [0.3, 0.4) is 0 Å². The standard InChI is InChI=1S/C79H86O18/c1-3-44-85-79(81)97-75-72(90-51-62-40-24-10-25-41-62)69(87-48-59-34-18-7-19-35-59)65(54-84-46-57-30-14-5-15-31-57)95-78(75)92-55-66-70(88-49-60-36-20-8-21-37-60)73(74(77(82-2)94-66)91-52-63-42-26-11-27-43-63)96-76-67(80)71(89-50-61-38-22-9-23-39-61)68(86-47-58-32-16-6-17-33-58)64(93-76)53-83-45-56-28-12-4-13-29-56/h3-43,64-78,80H,1,44-55H2,2H3/t64-,65-,66-,67+,68-,69-,70-,71-,72+,73+,74+,75+,76-,77+,78+/m1/s1. The van der Waals surface area contributed by atoms with Crippen LogP contribution in [0.25, 0.3) is 0 Å². The Bertz CT molecular complexity index is 3480. The monoisotopic (exact) mass is 1320 g/mol. The largest absolute Gasteiger partial charge is 0.509 e. The Morgan fingerprint density at radius 1 is 0.361 bits per heavy atom. The number of hydrogen-bond donors (Lipinski definition) is 1. The van der Waals surface area contributed by atoms with E-state index < -0.39 is 98.3 Å². The molecule has 0 spiro atoms. The highest BCUT2D eigenvalue weighted by atomic mass is 16.8. The predicted octanol–water partition coefficient (Wildman–Crippen LogP) is 12.2. The summed E-state index contributed by atoms with van der Waals surface area (Å²) < 4.78 is 108. The van der Waals surface area contributed by atoms with E-state index in [0.29, 0.717) is 0 Å². The van der Waals surface area contributed by atoms with E-state index in [1.165, 1.54) is 13.2 Å². The molecule has 3 fully saturated rings. The molecular weight excluding hydrogens is 1240 g/mol. The summed E-state index contributed by atoms with van der Waals surface area (Å²) in [5.41, 5.74) is 7.06. The normalized spacial score (nSPS) is 25.6. The first-order valence-electron chi connectivity index (χ1n) is 32.9. The average molecular weight is 1320 g/mol. The highest BCUT2D eigenvalue weighted by Crippen LogP contribution is 2.38. The van der Waals surface area contributed by atoms with Gasteiger partial charge in [0.05, 0.1) is 72.7 Å². The van der Waals surface area contributed by atoms with Crippen LogP contribution in [0.4, 0.5) is 4.79 Å². The van der Waals surface area contributed by atoms with Gasteiger partial charge in [-0.05, 0) is 44.5 Å². The third kappa shape index (κ3) is 20.9. The number of ether oxygens (including phenoxy) is 16. The van der Waals surface area contributed by atoms with Gasteiger partial charge in [-0.3, -0.25) is 0 Å². The molecule has 0 radical (unpaired) electrons. The molecule has 97 heavy (non-hydrogen) atoms. The highest BCUT2D eigenvalue weighted by Gasteiger charge is 2.56. The second kappa shape index (κ2) is 37.8. The van der Waals surface area contributed by atoms with Gasteiger partial charge in [-0.25, -0.2) is 4.79 Å². The van der Waals surface area contributed by atoms with Gasteiger partial charge in [0, 0.05) is 7.11 Å². The zero-order chi connectivity index (χ0) is 66.6. The van der Waals surface area contributed by atoms with Gasteiger partial charge in [0.15, 0.2) is 25.0 Å². The SMILES string of the molecule is C=CCOC(=O)O[C@@H]1[C@@H](OC[C@H]2O[C@H](OC)[C@@H](OCc3ccccc3)[C@@H](O[C@H]3O[C@H](COCc4ccccc4)[C@@H](OCc4ccccc4)[C@H](OCc4ccccc4)[C@@H]3O)[C@@H]2OCc2ccccc2)O[C@H](COCc2ccccc2)[C@@H](OCc2ccccc2)[C@@H]1OCc1ccccc1. The van der Waals surface area contributed by atoms with Crippen molar-refractivity contribution in [2.45, 2.75) is 145 Å². The van der Waals surface area contributed by atoms with Crippen LogP contribution in [0.1, 0.15) is 44.5 Å². The first kappa shape index (κ1) is 70.5. The molecular formula is C79H86O18. The van der Waals surface area contributed by atoms with Crippen LogP contribution in [-0.4, -0.2) is 137 Å². The van der Waals surface area contributed by atoms with Crippen molar-refractivity contribution < 1.29 is 85.7 Å². The minimum absolute atomic E-state index is 0.00586. The molecule has 0 amide bonds. The van der Waals surface area contributed by atoms with Gasteiger partial charge in [0.25, 0.3) is 0 Å². The van der Waals surface area contributed by atoms with Gasteiger partial charge in [0.2, 0.25) is 0 Å². The third-order valence-corrected chi connectivity index (χ3v) is 16.8. The molecule has 18 nitrogen and oxygen atoms in total. The minimum Gasteiger partial charge on any atom is -0.430 e. The number of methoxy groups -OCH3 is 1. The molecule has 3 heterocycles. The van der Waals surface area contributed by atoms with E-state index in [9.17, 15) is 9.90 Å². The number of hydrogen-bond acceptors (Lipinski definition) is 18. The van der Waals surface area contributed by atoms with Crippen molar-refractivity contribution in [1.29, 1.82) is 0 Å². The Balaban J connectivity index is 0.960. The number of carbonyl (C=O) groups excluding carboxylic acids is 1. The highest BCUT2D eigenvalue weighted by molar-refractivity contribution is 5.60. The molecule has 510 valence electrons. The lowest BCUT2D eigenvalue weighted by atomic mass is 9.95. The van der Waals surface area contributed by atoms with Crippen molar-refractivity contribution in [2.75, 3.05) is 33.5 Å². The van der Waals surface area contributed by atoms with Gasteiger partial charge in [0.1, 0.15) is 73.8 Å². The molecule has 0 saturated carbocycles. The Kier molecular flexibility index (Phi) is 27.5. The second-order valence-electron chi connectivity index (χ2n) is 23.8. The Hall–Kier alpha value is -7.83. The predicted molar refractivity (Wildman–Crippen MR) is 359 cm³/mol. The summed E-state index contributed by atoms with van der Waals surface area (Å²) in [7, 11) is 1.51. The Labute approximate surface area is 567 Å². The molecule has 3 saturated heterocycles. The molecule has 0 bridgehead atoms. The Morgan fingerprint density at radius 2 is 0.670 bits per heavy atom. The van der Waals surface area contributed by atoms with Crippen LogP contribution in [-0.2, 0) is 129 Å². The summed E-state index contributed by atoms with van der Waals surface area (Å²) in [6.07, 6.45) is -16.7. The fourth-order valence-corrected chi connectivity index (χ4v) is 11.9. The summed E-state index contributed by atoms with van der Waals surface area (Å²) >= 11 is 0. The van der Waals surface area contributed by atoms with Gasteiger partial charge < -0.3 is 80.9 Å². The topological polar surface area (TPSA) is 185 Å². The molecule has 0 aliphatic carbocycles. The summed E-state index contributed by atoms with van der Waals surface area (Å²) in [5, 5.41) is 13.1. The molecule has 3 aliphatic rings. The summed E-state index contributed by atoms with van der Waals surface area (Å²) in [6.45, 7) is 4.43. The van der Waals surface area contributed by atoms with Crippen LogP contribution in [0.15, 0.2) is 255 Å². The van der Waals surface area contributed by atoms with Crippen LogP contribution in [0.2, 0.25) is 0 Å². The number of carbonyl (C=O) groups is 1. The van der Waals surface area contributed by atoms with Crippen molar-refractivity contribution in [3.05, 3.63) is 300 Å². The number of benzene rings is 8.